The van der Waals surface area contributed by atoms with Crippen molar-refractivity contribution in [2.75, 3.05) is 7.11 Å². The molecule has 0 unspecified atom stereocenters. The molecule has 8 heteroatoms. The van der Waals surface area contributed by atoms with Crippen LogP contribution < -0.4 is 19.6 Å². The van der Waals surface area contributed by atoms with Crippen molar-refractivity contribution >= 4 is 34.0 Å². The van der Waals surface area contributed by atoms with E-state index in [1.54, 1.807) is 30.3 Å². The number of hydrazone groups is 1. The third-order valence-electron chi connectivity index (χ3n) is 3.59. The topological polar surface area (TPSA) is 86.2 Å². The first kappa shape index (κ1) is 21.4. The molecular weight excluding hydrogens is 428 g/mol. The second-order valence-corrected chi connectivity index (χ2v) is 6.62. The van der Waals surface area contributed by atoms with E-state index in [2.05, 4.69) is 26.5 Å². The van der Waals surface area contributed by atoms with Gasteiger partial charge < -0.3 is 14.2 Å². The van der Waals surface area contributed by atoms with Gasteiger partial charge in [-0.25, -0.2) is 5.43 Å². The molecule has 2 rings (SSSR count). The third kappa shape index (κ3) is 6.38. The number of methoxy groups -OCH3 is 1. The smallest absolute Gasteiger partial charge is 0.308 e. The van der Waals surface area contributed by atoms with E-state index in [0.717, 1.165) is 4.47 Å². The lowest BCUT2D eigenvalue weighted by Gasteiger charge is -2.15. The standard InChI is InChI=1S/C20H21BrN2O5/c1-4-18(28-17-7-5-6-15(21)11-17)20(25)23-22-12-14-10-16(26-3)8-9-19(14)27-13(2)24/h5-12,18H,4H2,1-3H3,(H,23,25)/b22-12-/t18-/m0/s1. The van der Waals surface area contributed by atoms with Crippen LogP contribution in [0.3, 0.4) is 0 Å². The van der Waals surface area contributed by atoms with Gasteiger partial charge in [-0.15, -0.1) is 0 Å². The zero-order valence-electron chi connectivity index (χ0n) is 15.8. The molecule has 0 heterocycles. The number of carbonyl (C=O) groups excluding carboxylic acids is 2. The number of nitrogens with one attached hydrogen (secondary N) is 1. The maximum Gasteiger partial charge on any atom is 0.308 e. The highest BCUT2D eigenvalue weighted by atomic mass is 79.9. The van der Waals surface area contributed by atoms with Crippen molar-refractivity contribution in [2.24, 2.45) is 5.10 Å². The molecule has 0 radical (unpaired) electrons. The molecule has 0 aliphatic carbocycles. The number of hydrogen-bond acceptors (Lipinski definition) is 6. The molecule has 1 N–H and O–H groups in total. The number of benzene rings is 2. The Kier molecular flexibility index (Phi) is 8.01. The quantitative estimate of drug-likeness (QED) is 0.288. The van der Waals surface area contributed by atoms with Crippen LogP contribution in [0.15, 0.2) is 52.0 Å². The summed E-state index contributed by atoms with van der Waals surface area (Å²) in [6.45, 7) is 3.14. The van der Waals surface area contributed by atoms with Crippen molar-refractivity contribution in [3.8, 4) is 17.2 Å². The van der Waals surface area contributed by atoms with Gasteiger partial charge in [-0.05, 0) is 42.8 Å². The molecule has 0 bridgehead atoms. The molecule has 0 saturated carbocycles. The van der Waals surface area contributed by atoms with E-state index in [-0.39, 0.29) is 0 Å². The van der Waals surface area contributed by atoms with Crippen LogP contribution in [-0.4, -0.2) is 31.3 Å². The predicted molar refractivity (Wildman–Crippen MR) is 109 cm³/mol. The van der Waals surface area contributed by atoms with Gasteiger partial charge in [0.05, 0.1) is 13.3 Å². The number of halogens is 1. The van der Waals surface area contributed by atoms with E-state index >= 15 is 0 Å². The Hall–Kier alpha value is -2.87. The van der Waals surface area contributed by atoms with Crippen LogP contribution in [0, 0.1) is 0 Å². The van der Waals surface area contributed by atoms with Gasteiger partial charge in [0.15, 0.2) is 6.10 Å². The zero-order valence-corrected chi connectivity index (χ0v) is 17.4. The van der Waals surface area contributed by atoms with Crippen LogP contribution in [0.5, 0.6) is 17.2 Å². The Labute approximate surface area is 171 Å². The van der Waals surface area contributed by atoms with Crippen LogP contribution in [-0.2, 0) is 9.59 Å². The summed E-state index contributed by atoms with van der Waals surface area (Å²) in [4.78, 5) is 23.6. The van der Waals surface area contributed by atoms with Crippen LogP contribution in [0.1, 0.15) is 25.8 Å². The molecule has 1 amide bonds. The molecule has 7 nitrogen and oxygen atoms in total. The summed E-state index contributed by atoms with van der Waals surface area (Å²) in [6.07, 6.45) is 1.14. The molecule has 0 saturated heterocycles. The van der Waals surface area contributed by atoms with Crippen LogP contribution in [0.4, 0.5) is 0 Å². The molecule has 0 aliphatic heterocycles. The Morgan fingerprint density at radius 3 is 2.64 bits per heavy atom. The average molecular weight is 449 g/mol. The molecule has 2 aromatic rings. The van der Waals surface area contributed by atoms with Gasteiger partial charge in [-0.1, -0.05) is 28.9 Å². The largest absolute Gasteiger partial charge is 0.497 e. The Morgan fingerprint density at radius 1 is 1.21 bits per heavy atom. The number of hydrogen-bond donors (Lipinski definition) is 1. The molecule has 148 valence electrons. The highest BCUT2D eigenvalue weighted by Gasteiger charge is 2.18. The number of nitrogens with zero attached hydrogens (tertiary/aromatic N) is 1. The highest BCUT2D eigenvalue weighted by Crippen LogP contribution is 2.23. The van der Waals surface area contributed by atoms with Crippen LogP contribution in [0.2, 0.25) is 0 Å². The van der Waals surface area contributed by atoms with Gasteiger partial charge >= 0.3 is 5.97 Å². The molecule has 0 aromatic heterocycles. The van der Waals surface area contributed by atoms with Gasteiger partial charge in [0.2, 0.25) is 0 Å². The summed E-state index contributed by atoms with van der Waals surface area (Å²) in [5, 5.41) is 3.95. The summed E-state index contributed by atoms with van der Waals surface area (Å²) in [7, 11) is 1.52. The van der Waals surface area contributed by atoms with E-state index in [1.807, 2.05) is 19.1 Å². The maximum absolute atomic E-state index is 12.4. The van der Waals surface area contributed by atoms with Crippen molar-refractivity contribution < 1.29 is 23.8 Å². The number of ether oxygens (including phenoxy) is 3. The SMILES string of the molecule is CC[C@H](Oc1cccc(Br)c1)C(=O)N/N=C\c1cc(OC)ccc1OC(C)=O. The van der Waals surface area contributed by atoms with Crippen LogP contribution >= 0.6 is 15.9 Å². The molecule has 28 heavy (non-hydrogen) atoms. The lowest BCUT2D eigenvalue weighted by molar-refractivity contribution is -0.132. The first-order valence-electron chi connectivity index (χ1n) is 8.54. The van der Waals surface area contributed by atoms with E-state index < -0.39 is 18.0 Å². The Balaban J connectivity index is 2.07. The Bertz CT molecular complexity index is 869. The third-order valence-corrected chi connectivity index (χ3v) is 4.08. The highest BCUT2D eigenvalue weighted by molar-refractivity contribution is 9.10. The van der Waals surface area contributed by atoms with E-state index in [4.69, 9.17) is 14.2 Å². The molecule has 1 atom stereocenters. The molecule has 2 aromatic carbocycles. The fourth-order valence-corrected chi connectivity index (χ4v) is 2.64. The Morgan fingerprint density at radius 2 is 2.00 bits per heavy atom. The second-order valence-electron chi connectivity index (χ2n) is 5.70. The monoisotopic (exact) mass is 448 g/mol. The normalized spacial score (nSPS) is 11.7. The minimum absolute atomic E-state index is 0.309. The van der Waals surface area contributed by atoms with E-state index in [1.165, 1.54) is 20.2 Å². The minimum atomic E-state index is -0.704. The summed E-state index contributed by atoms with van der Waals surface area (Å²) < 4.78 is 16.9. The molecule has 0 aliphatic rings. The fourth-order valence-electron chi connectivity index (χ4n) is 2.27. The van der Waals surface area contributed by atoms with Crippen molar-refractivity contribution in [3.05, 3.63) is 52.5 Å². The van der Waals surface area contributed by atoms with Gasteiger partial charge in [0, 0.05) is 17.0 Å². The molecule has 0 spiro atoms. The maximum atomic E-state index is 12.4. The summed E-state index contributed by atoms with van der Waals surface area (Å²) in [5.41, 5.74) is 2.93. The lowest BCUT2D eigenvalue weighted by Crippen LogP contribution is -2.35. The number of amides is 1. The predicted octanol–water partition coefficient (Wildman–Crippen LogP) is 3.69. The fraction of sp³-hybridized carbons (Fsp3) is 0.250. The minimum Gasteiger partial charge on any atom is -0.497 e. The zero-order chi connectivity index (χ0) is 20.5. The van der Waals surface area contributed by atoms with Gasteiger partial charge in [0.1, 0.15) is 17.2 Å². The molecular formula is C20H21BrN2O5. The van der Waals surface area contributed by atoms with E-state index in [9.17, 15) is 9.59 Å². The number of esters is 1. The first-order chi connectivity index (χ1) is 13.4. The van der Waals surface area contributed by atoms with Crippen molar-refractivity contribution in [1.82, 2.24) is 5.43 Å². The van der Waals surface area contributed by atoms with Gasteiger partial charge in [-0.3, -0.25) is 9.59 Å². The van der Waals surface area contributed by atoms with E-state index in [0.29, 0.717) is 29.2 Å². The number of rotatable bonds is 8. The first-order valence-corrected chi connectivity index (χ1v) is 9.33. The molecule has 0 fully saturated rings. The van der Waals surface area contributed by atoms with Crippen LogP contribution in [0.25, 0.3) is 0 Å². The average Bonchev–Trinajstić information content (AvgIpc) is 2.66. The van der Waals surface area contributed by atoms with Crippen molar-refractivity contribution in [1.29, 1.82) is 0 Å². The lowest BCUT2D eigenvalue weighted by atomic mass is 10.2. The second kappa shape index (κ2) is 10.5. The summed E-state index contributed by atoms with van der Waals surface area (Å²) in [6, 6.07) is 12.1. The van der Waals surface area contributed by atoms with Crippen molar-refractivity contribution in [3.63, 3.8) is 0 Å². The van der Waals surface area contributed by atoms with Crippen molar-refractivity contribution in [2.45, 2.75) is 26.4 Å². The van der Waals surface area contributed by atoms with Gasteiger partial charge in [0.25, 0.3) is 5.91 Å². The summed E-state index contributed by atoms with van der Waals surface area (Å²) in [5.74, 6) is 0.593. The van der Waals surface area contributed by atoms with Gasteiger partial charge in [-0.2, -0.15) is 5.10 Å². The summed E-state index contributed by atoms with van der Waals surface area (Å²) >= 11 is 3.36. The number of carbonyl (C=O) groups is 2.